The Morgan fingerprint density at radius 1 is 1.20 bits per heavy atom. The third-order valence-electron chi connectivity index (χ3n) is 3.60. The highest BCUT2D eigenvalue weighted by Crippen LogP contribution is 2.26. The molecule has 0 N–H and O–H groups in total. The Balaban J connectivity index is 2.42. The Morgan fingerprint density at radius 3 is 2.48 bits per heavy atom. The van der Waals surface area contributed by atoms with E-state index in [-0.39, 0.29) is 11.6 Å². The molecule has 2 rings (SSSR count). The molecule has 25 heavy (non-hydrogen) atoms. The summed E-state index contributed by atoms with van der Waals surface area (Å²) < 4.78 is 18.6. The third-order valence-corrected chi connectivity index (χ3v) is 3.89. The van der Waals surface area contributed by atoms with Crippen LogP contribution in [0, 0.1) is 5.82 Å². The fraction of sp³-hybridized carbons (Fsp3) is 0.263. The maximum atomic E-state index is 13.5. The van der Waals surface area contributed by atoms with Crippen molar-refractivity contribution in [2.75, 3.05) is 11.5 Å². The molecule has 2 aromatic carbocycles. The van der Waals surface area contributed by atoms with E-state index in [9.17, 15) is 14.0 Å². The van der Waals surface area contributed by atoms with Crippen molar-refractivity contribution in [1.29, 1.82) is 0 Å². The van der Waals surface area contributed by atoms with Crippen molar-refractivity contribution in [1.82, 2.24) is 0 Å². The Morgan fingerprint density at radius 2 is 1.88 bits per heavy atom. The number of hydrogen-bond acceptors (Lipinski definition) is 3. The first kappa shape index (κ1) is 18.9. The van der Waals surface area contributed by atoms with Crippen LogP contribution in [-0.2, 0) is 9.53 Å². The van der Waals surface area contributed by atoms with Gasteiger partial charge in [0.1, 0.15) is 11.9 Å². The lowest BCUT2D eigenvalue weighted by Gasteiger charge is -2.28. The van der Waals surface area contributed by atoms with E-state index in [4.69, 9.17) is 16.3 Å². The highest BCUT2D eigenvalue weighted by Gasteiger charge is 2.29. The smallest absolute Gasteiger partial charge is 0.328 e. The second-order valence-electron chi connectivity index (χ2n) is 5.48. The van der Waals surface area contributed by atoms with Gasteiger partial charge in [-0.2, -0.15) is 0 Å². The van der Waals surface area contributed by atoms with E-state index < -0.39 is 23.7 Å². The van der Waals surface area contributed by atoms with E-state index in [0.717, 1.165) is 6.07 Å². The summed E-state index contributed by atoms with van der Waals surface area (Å²) in [7, 11) is 0. The zero-order chi connectivity index (χ0) is 18.4. The number of esters is 1. The molecule has 1 unspecified atom stereocenters. The summed E-state index contributed by atoms with van der Waals surface area (Å²) in [6.07, 6.45) is 0.674. The molecule has 0 bridgehead atoms. The molecule has 2 aromatic rings. The van der Waals surface area contributed by atoms with E-state index in [1.165, 1.54) is 17.0 Å². The maximum absolute atomic E-state index is 13.5. The van der Waals surface area contributed by atoms with Crippen molar-refractivity contribution in [3.63, 3.8) is 0 Å². The molecule has 0 saturated carbocycles. The SMILES string of the molecule is CCCOC(=O)C(C)N(C(=O)c1ccccc1)c1ccc(F)c(Cl)c1. The van der Waals surface area contributed by atoms with E-state index >= 15 is 0 Å². The minimum Gasteiger partial charge on any atom is -0.464 e. The van der Waals surface area contributed by atoms with Crippen molar-refractivity contribution >= 4 is 29.2 Å². The zero-order valence-electron chi connectivity index (χ0n) is 14.0. The number of benzene rings is 2. The molecule has 0 aromatic heterocycles. The van der Waals surface area contributed by atoms with Gasteiger partial charge in [-0.05, 0) is 43.7 Å². The predicted octanol–water partition coefficient (Wildman–Crippen LogP) is 4.47. The van der Waals surface area contributed by atoms with Crippen LogP contribution in [-0.4, -0.2) is 24.5 Å². The van der Waals surface area contributed by atoms with Gasteiger partial charge < -0.3 is 4.74 Å². The summed E-state index contributed by atoms with van der Waals surface area (Å²) in [5.41, 5.74) is 0.722. The fourth-order valence-electron chi connectivity index (χ4n) is 2.30. The first-order chi connectivity index (χ1) is 12.0. The van der Waals surface area contributed by atoms with Crippen LogP contribution in [0.2, 0.25) is 5.02 Å². The number of carbonyl (C=O) groups is 2. The lowest BCUT2D eigenvalue weighted by Crippen LogP contribution is -2.44. The summed E-state index contributed by atoms with van der Waals surface area (Å²) in [6, 6.07) is 11.5. The van der Waals surface area contributed by atoms with Gasteiger partial charge in [0.2, 0.25) is 0 Å². The average molecular weight is 364 g/mol. The minimum absolute atomic E-state index is 0.127. The van der Waals surface area contributed by atoms with Crippen LogP contribution in [0.4, 0.5) is 10.1 Å². The lowest BCUT2D eigenvalue weighted by atomic mass is 10.1. The Kier molecular flexibility index (Phi) is 6.53. The Labute approximate surface area is 151 Å². The predicted molar refractivity (Wildman–Crippen MR) is 95.4 cm³/mol. The monoisotopic (exact) mass is 363 g/mol. The van der Waals surface area contributed by atoms with E-state index in [1.54, 1.807) is 37.3 Å². The topological polar surface area (TPSA) is 46.6 Å². The van der Waals surface area contributed by atoms with Crippen LogP contribution in [0.5, 0.6) is 0 Å². The Hall–Kier alpha value is -2.40. The molecule has 0 saturated heterocycles. The molecule has 0 heterocycles. The summed E-state index contributed by atoms with van der Waals surface area (Å²) >= 11 is 5.85. The van der Waals surface area contributed by atoms with Crippen molar-refractivity contribution in [2.45, 2.75) is 26.3 Å². The van der Waals surface area contributed by atoms with Gasteiger partial charge in [0.05, 0.1) is 11.6 Å². The van der Waals surface area contributed by atoms with E-state index in [2.05, 4.69) is 0 Å². The number of ether oxygens (including phenoxy) is 1. The van der Waals surface area contributed by atoms with Crippen LogP contribution in [0.1, 0.15) is 30.6 Å². The van der Waals surface area contributed by atoms with Crippen molar-refractivity contribution in [3.05, 3.63) is 64.9 Å². The van der Waals surface area contributed by atoms with Crippen molar-refractivity contribution < 1.29 is 18.7 Å². The van der Waals surface area contributed by atoms with Gasteiger partial charge in [0, 0.05) is 11.3 Å². The van der Waals surface area contributed by atoms with Gasteiger partial charge in [-0.3, -0.25) is 9.69 Å². The molecular formula is C19H19ClFNO3. The summed E-state index contributed by atoms with van der Waals surface area (Å²) in [6.45, 7) is 3.71. The highest BCUT2D eigenvalue weighted by atomic mass is 35.5. The largest absolute Gasteiger partial charge is 0.464 e. The number of halogens is 2. The fourth-order valence-corrected chi connectivity index (χ4v) is 2.47. The molecule has 0 aliphatic carbocycles. The van der Waals surface area contributed by atoms with Gasteiger partial charge in [-0.15, -0.1) is 0 Å². The highest BCUT2D eigenvalue weighted by molar-refractivity contribution is 6.31. The summed E-state index contributed by atoms with van der Waals surface area (Å²) in [4.78, 5) is 26.5. The van der Waals surface area contributed by atoms with Gasteiger partial charge >= 0.3 is 5.97 Å². The molecule has 1 amide bonds. The summed E-state index contributed by atoms with van der Waals surface area (Å²) in [5, 5.41) is -0.127. The first-order valence-corrected chi connectivity index (χ1v) is 8.33. The van der Waals surface area contributed by atoms with Crippen LogP contribution in [0.3, 0.4) is 0 Å². The lowest BCUT2D eigenvalue weighted by molar-refractivity contribution is -0.144. The summed E-state index contributed by atoms with van der Waals surface area (Å²) in [5.74, 6) is -1.53. The van der Waals surface area contributed by atoms with Crippen molar-refractivity contribution in [2.24, 2.45) is 0 Å². The van der Waals surface area contributed by atoms with Crippen molar-refractivity contribution in [3.8, 4) is 0 Å². The molecule has 1 atom stereocenters. The second-order valence-corrected chi connectivity index (χ2v) is 5.89. The molecule has 0 radical (unpaired) electrons. The number of nitrogens with zero attached hydrogens (tertiary/aromatic N) is 1. The van der Waals surface area contributed by atoms with Crippen LogP contribution >= 0.6 is 11.6 Å². The number of rotatable bonds is 6. The van der Waals surface area contributed by atoms with Crippen LogP contribution < -0.4 is 4.90 Å². The van der Waals surface area contributed by atoms with Crippen LogP contribution in [0.25, 0.3) is 0 Å². The van der Waals surface area contributed by atoms with Crippen LogP contribution in [0.15, 0.2) is 48.5 Å². The molecular weight excluding hydrogens is 345 g/mol. The molecule has 0 fully saturated rings. The van der Waals surface area contributed by atoms with E-state index in [1.807, 2.05) is 6.92 Å². The van der Waals surface area contributed by atoms with E-state index in [0.29, 0.717) is 17.7 Å². The molecule has 4 nitrogen and oxygen atoms in total. The molecule has 0 aliphatic heterocycles. The van der Waals surface area contributed by atoms with Gasteiger partial charge in [-0.25, -0.2) is 9.18 Å². The van der Waals surface area contributed by atoms with Gasteiger partial charge in [0.15, 0.2) is 0 Å². The zero-order valence-corrected chi connectivity index (χ0v) is 14.8. The standard InChI is InChI=1S/C19H19ClFNO3/c1-3-11-25-19(24)13(2)22(15-9-10-17(21)16(20)12-15)18(23)14-7-5-4-6-8-14/h4-10,12-13H,3,11H2,1-2H3. The third kappa shape index (κ3) is 4.57. The number of anilines is 1. The minimum atomic E-state index is -0.888. The number of carbonyl (C=O) groups excluding carboxylic acids is 2. The molecule has 0 spiro atoms. The first-order valence-electron chi connectivity index (χ1n) is 7.96. The molecule has 132 valence electrons. The normalized spacial score (nSPS) is 11.7. The molecule has 6 heteroatoms. The number of hydrogen-bond donors (Lipinski definition) is 0. The number of amides is 1. The van der Waals surface area contributed by atoms with Gasteiger partial charge in [0.25, 0.3) is 5.91 Å². The second kappa shape index (κ2) is 8.62. The Bertz CT molecular complexity index is 752. The van der Waals surface area contributed by atoms with Gasteiger partial charge in [-0.1, -0.05) is 36.7 Å². The average Bonchev–Trinajstić information content (AvgIpc) is 2.63. The quantitative estimate of drug-likeness (QED) is 0.711. The maximum Gasteiger partial charge on any atom is 0.328 e. The molecule has 0 aliphatic rings.